The van der Waals surface area contributed by atoms with Crippen molar-refractivity contribution in [3.8, 4) is 0 Å². The van der Waals surface area contributed by atoms with Crippen LogP contribution in [0.4, 0.5) is 8.78 Å². The first-order valence-corrected chi connectivity index (χ1v) is 7.92. The van der Waals surface area contributed by atoms with E-state index < -0.39 is 11.6 Å². The zero-order valence-corrected chi connectivity index (χ0v) is 12.4. The zero-order chi connectivity index (χ0) is 14.0. The molecule has 1 aromatic heterocycles. The standard InChI is InChI=1S/C13H15ClF2N2S/c1-8(5-6-19-2)18-11(7-14)17-10-4-3-9(15)12(16)13(10)18/h3-4,8H,5-7H2,1-2H3. The lowest BCUT2D eigenvalue weighted by Gasteiger charge is -2.16. The highest BCUT2D eigenvalue weighted by Gasteiger charge is 2.20. The summed E-state index contributed by atoms with van der Waals surface area (Å²) in [6.45, 7) is 1.97. The van der Waals surface area contributed by atoms with E-state index in [-0.39, 0.29) is 17.4 Å². The maximum atomic E-state index is 14.0. The zero-order valence-electron chi connectivity index (χ0n) is 10.8. The second-order valence-electron chi connectivity index (χ2n) is 4.39. The van der Waals surface area contributed by atoms with Crippen LogP contribution in [0.2, 0.25) is 0 Å². The molecule has 0 saturated carbocycles. The van der Waals surface area contributed by atoms with Gasteiger partial charge in [0.2, 0.25) is 0 Å². The first kappa shape index (κ1) is 14.6. The minimum absolute atomic E-state index is 0.0301. The molecule has 0 radical (unpaired) electrons. The summed E-state index contributed by atoms with van der Waals surface area (Å²) < 4.78 is 29.1. The molecule has 1 unspecified atom stereocenters. The second kappa shape index (κ2) is 6.09. The van der Waals surface area contributed by atoms with Gasteiger partial charge in [-0.05, 0) is 37.5 Å². The summed E-state index contributed by atoms with van der Waals surface area (Å²) in [5.41, 5.74) is 0.662. The number of aromatic nitrogens is 2. The van der Waals surface area contributed by atoms with Crippen LogP contribution in [0.3, 0.4) is 0 Å². The fraction of sp³-hybridized carbons (Fsp3) is 0.462. The molecule has 0 N–H and O–H groups in total. The molecule has 0 bridgehead atoms. The Bertz CT molecular complexity index is 586. The largest absolute Gasteiger partial charge is 0.322 e. The minimum Gasteiger partial charge on any atom is -0.322 e. The average molecular weight is 305 g/mol. The van der Waals surface area contributed by atoms with Crippen LogP contribution in [0.25, 0.3) is 11.0 Å². The fourth-order valence-corrected chi connectivity index (χ4v) is 2.92. The predicted molar refractivity (Wildman–Crippen MR) is 76.9 cm³/mol. The summed E-state index contributed by atoms with van der Waals surface area (Å²) >= 11 is 7.59. The number of thioether (sulfide) groups is 1. The lowest BCUT2D eigenvalue weighted by atomic mass is 10.2. The van der Waals surface area contributed by atoms with Gasteiger partial charge in [0.05, 0.1) is 11.4 Å². The van der Waals surface area contributed by atoms with Crippen molar-refractivity contribution in [2.24, 2.45) is 0 Å². The van der Waals surface area contributed by atoms with Gasteiger partial charge in [-0.15, -0.1) is 11.6 Å². The first-order chi connectivity index (χ1) is 9.10. The van der Waals surface area contributed by atoms with Crippen molar-refractivity contribution < 1.29 is 8.78 Å². The van der Waals surface area contributed by atoms with E-state index in [0.717, 1.165) is 18.2 Å². The molecule has 2 nitrogen and oxygen atoms in total. The molecular formula is C13H15ClF2N2S. The Kier molecular flexibility index (Phi) is 4.68. The Hall–Kier alpha value is -0.810. The third-order valence-electron chi connectivity index (χ3n) is 3.12. The first-order valence-electron chi connectivity index (χ1n) is 5.99. The van der Waals surface area contributed by atoms with E-state index in [0.29, 0.717) is 11.3 Å². The summed E-state index contributed by atoms with van der Waals surface area (Å²) in [5, 5.41) is 0. The Morgan fingerprint density at radius 2 is 2.16 bits per heavy atom. The monoisotopic (exact) mass is 304 g/mol. The van der Waals surface area contributed by atoms with Gasteiger partial charge < -0.3 is 4.57 Å². The lowest BCUT2D eigenvalue weighted by molar-refractivity contribution is 0.493. The number of hydrogen-bond donors (Lipinski definition) is 0. The maximum Gasteiger partial charge on any atom is 0.184 e. The van der Waals surface area contributed by atoms with Gasteiger partial charge in [-0.25, -0.2) is 13.8 Å². The predicted octanol–water partition coefficient (Wildman–Crippen LogP) is 4.37. The smallest absolute Gasteiger partial charge is 0.184 e. The molecule has 0 aliphatic carbocycles. The topological polar surface area (TPSA) is 17.8 Å². The third-order valence-corrected chi connectivity index (χ3v) is 4.00. The molecule has 1 atom stereocenters. The van der Waals surface area contributed by atoms with Gasteiger partial charge in [-0.2, -0.15) is 11.8 Å². The van der Waals surface area contributed by atoms with Crippen molar-refractivity contribution in [2.75, 3.05) is 12.0 Å². The van der Waals surface area contributed by atoms with Crippen molar-refractivity contribution in [3.63, 3.8) is 0 Å². The van der Waals surface area contributed by atoms with Crippen LogP contribution in [-0.4, -0.2) is 21.6 Å². The van der Waals surface area contributed by atoms with Gasteiger partial charge in [0.1, 0.15) is 11.3 Å². The summed E-state index contributed by atoms with van der Waals surface area (Å²) in [7, 11) is 0. The van der Waals surface area contributed by atoms with Crippen LogP contribution in [0.15, 0.2) is 12.1 Å². The van der Waals surface area contributed by atoms with Gasteiger partial charge in [0.15, 0.2) is 11.6 Å². The molecule has 104 valence electrons. The van der Waals surface area contributed by atoms with E-state index in [1.165, 1.54) is 6.07 Å². The van der Waals surface area contributed by atoms with E-state index >= 15 is 0 Å². The van der Waals surface area contributed by atoms with Crippen molar-refractivity contribution in [1.29, 1.82) is 0 Å². The highest BCUT2D eigenvalue weighted by Crippen LogP contribution is 2.28. The van der Waals surface area contributed by atoms with Crippen molar-refractivity contribution in [2.45, 2.75) is 25.3 Å². The van der Waals surface area contributed by atoms with Crippen LogP contribution in [0.1, 0.15) is 25.2 Å². The maximum absolute atomic E-state index is 14.0. The van der Waals surface area contributed by atoms with Gasteiger partial charge in [0, 0.05) is 6.04 Å². The SMILES string of the molecule is CSCCC(C)n1c(CCl)nc2ccc(F)c(F)c21. The number of halogens is 3. The number of nitrogens with zero attached hydrogens (tertiary/aromatic N) is 2. The van der Waals surface area contributed by atoms with E-state index in [1.54, 1.807) is 16.3 Å². The Morgan fingerprint density at radius 1 is 1.42 bits per heavy atom. The highest BCUT2D eigenvalue weighted by molar-refractivity contribution is 7.98. The molecule has 0 fully saturated rings. The summed E-state index contributed by atoms with van der Waals surface area (Å²) in [6.07, 6.45) is 2.87. The highest BCUT2D eigenvalue weighted by atomic mass is 35.5. The van der Waals surface area contributed by atoms with Crippen molar-refractivity contribution >= 4 is 34.4 Å². The quantitative estimate of drug-likeness (QED) is 0.764. The third kappa shape index (κ3) is 2.72. The van der Waals surface area contributed by atoms with E-state index in [2.05, 4.69) is 4.98 Å². The van der Waals surface area contributed by atoms with Gasteiger partial charge >= 0.3 is 0 Å². The summed E-state index contributed by atoms with van der Waals surface area (Å²) in [4.78, 5) is 4.28. The number of imidazole rings is 1. The molecule has 0 aliphatic rings. The number of alkyl halides is 1. The van der Waals surface area contributed by atoms with E-state index in [9.17, 15) is 8.78 Å². The van der Waals surface area contributed by atoms with Gasteiger partial charge in [-0.1, -0.05) is 0 Å². The molecule has 0 aliphatic heterocycles. The van der Waals surface area contributed by atoms with Crippen LogP contribution in [0.5, 0.6) is 0 Å². The molecule has 0 spiro atoms. The van der Waals surface area contributed by atoms with Crippen LogP contribution < -0.4 is 0 Å². The minimum atomic E-state index is -0.855. The van der Waals surface area contributed by atoms with Gasteiger partial charge in [0.25, 0.3) is 0 Å². The lowest BCUT2D eigenvalue weighted by Crippen LogP contribution is -2.10. The second-order valence-corrected chi connectivity index (χ2v) is 5.64. The van der Waals surface area contributed by atoms with Crippen LogP contribution in [-0.2, 0) is 5.88 Å². The van der Waals surface area contributed by atoms with Crippen LogP contribution in [0, 0.1) is 11.6 Å². The van der Waals surface area contributed by atoms with Gasteiger partial charge in [-0.3, -0.25) is 0 Å². The number of rotatable bonds is 5. The van der Waals surface area contributed by atoms with Crippen LogP contribution >= 0.6 is 23.4 Å². The molecule has 1 aromatic carbocycles. The number of hydrogen-bond acceptors (Lipinski definition) is 2. The Morgan fingerprint density at radius 3 is 2.79 bits per heavy atom. The molecule has 1 heterocycles. The molecule has 0 amide bonds. The number of benzene rings is 1. The Balaban J connectivity index is 2.58. The normalized spacial score (nSPS) is 13.1. The molecule has 6 heteroatoms. The number of fused-ring (bicyclic) bond motifs is 1. The fourth-order valence-electron chi connectivity index (χ4n) is 2.16. The average Bonchev–Trinajstić information content (AvgIpc) is 2.79. The molecule has 2 aromatic rings. The van der Waals surface area contributed by atoms with E-state index in [1.807, 2.05) is 13.2 Å². The molecule has 2 rings (SSSR count). The van der Waals surface area contributed by atoms with E-state index in [4.69, 9.17) is 11.6 Å². The molecule has 19 heavy (non-hydrogen) atoms. The van der Waals surface area contributed by atoms with Crippen molar-refractivity contribution in [1.82, 2.24) is 9.55 Å². The summed E-state index contributed by atoms with van der Waals surface area (Å²) in [5.74, 6) is -0.00209. The van der Waals surface area contributed by atoms with Crippen molar-refractivity contribution in [3.05, 3.63) is 29.6 Å². The molecule has 0 saturated heterocycles. The molecular weight excluding hydrogens is 290 g/mol. The summed E-state index contributed by atoms with van der Waals surface area (Å²) in [6, 6.07) is 2.61. The Labute approximate surface area is 120 Å².